The summed E-state index contributed by atoms with van der Waals surface area (Å²) in [6.07, 6.45) is 3.05. The molecule has 5 heteroatoms. The van der Waals surface area contributed by atoms with Crippen LogP contribution in [0.15, 0.2) is 22.7 Å². The van der Waals surface area contributed by atoms with Crippen molar-refractivity contribution in [3.8, 4) is 0 Å². The van der Waals surface area contributed by atoms with Gasteiger partial charge in [-0.25, -0.2) is 0 Å². The van der Waals surface area contributed by atoms with Gasteiger partial charge in [0.25, 0.3) is 5.91 Å². The maximum Gasteiger partial charge on any atom is 0.252 e. The van der Waals surface area contributed by atoms with Crippen LogP contribution in [0.2, 0.25) is 5.02 Å². The van der Waals surface area contributed by atoms with Crippen LogP contribution in [-0.2, 0) is 0 Å². The fourth-order valence-corrected chi connectivity index (χ4v) is 3.09. The largest absolute Gasteiger partial charge is 0.393 e. The second kappa shape index (κ2) is 6.04. The Hall–Kier alpha value is -0.580. The second-order valence-electron chi connectivity index (χ2n) is 4.61. The molecular weight excluding hydrogens is 318 g/mol. The van der Waals surface area contributed by atoms with Crippen molar-refractivity contribution in [3.05, 3.63) is 33.3 Å². The highest BCUT2D eigenvalue weighted by Gasteiger charge is 2.22. The minimum atomic E-state index is -0.294. The van der Waals surface area contributed by atoms with Crippen molar-refractivity contribution in [3.63, 3.8) is 0 Å². The number of nitrogens with one attached hydrogen (secondary N) is 1. The maximum absolute atomic E-state index is 12.1. The van der Waals surface area contributed by atoms with E-state index in [-0.39, 0.29) is 18.1 Å². The lowest BCUT2D eigenvalue weighted by Gasteiger charge is -2.26. The number of halogens is 2. The van der Waals surface area contributed by atoms with Gasteiger partial charge in [0.1, 0.15) is 0 Å². The van der Waals surface area contributed by atoms with E-state index in [0.29, 0.717) is 21.5 Å². The number of carbonyl (C=O) groups excluding carboxylic acids is 1. The molecule has 1 aliphatic carbocycles. The van der Waals surface area contributed by atoms with Crippen LogP contribution in [0.4, 0.5) is 0 Å². The van der Waals surface area contributed by atoms with Crippen LogP contribution in [0, 0.1) is 0 Å². The van der Waals surface area contributed by atoms with Gasteiger partial charge in [0.2, 0.25) is 0 Å². The number of benzene rings is 1. The zero-order chi connectivity index (χ0) is 13.1. The first-order valence-corrected chi connectivity index (χ1v) is 7.17. The Labute approximate surface area is 120 Å². The molecule has 2 N–H and O–H groups in total. The SMILES string of the molecule is O=C(NC1CCCC(O)C1)c1ccc(Cl)cc1Br. The minimum Gasteiger partial charge on any atom is -0.393 e. The Bertz CT molecular complexity index is 453. The van der Waals surface area contributed by atoms with E-state index in [1.54, 1.807) is 18.2 Å². The Morgan fingerprint density at radius 2 is 2.22 bits per heavy atom. The number of aliphatic hydroxyl groups is 1. The average molecular weight is 333 g/mol. The van der Waals surface area contributed by atoms with E-state index in [0.717, 1.165) is 19.3 Å². The summed E-state index contributed by atoms with van der Waals surface area (Å²) in [5.41, 5.74) is 0.569. The number of aliphatic hydroxyl groups excluding tert-OH is 1. The van der Waals surface area contributed by atoms with Gasteiger partial charge < -0.3 is 10.4 Å². The summed E-state index contributed by atoms with van der Waals surface area (Å²) in [6.45, 7) is 0. The number of carbonyl (C=O) groups is 1. The van der Waals surface area contributed by atoms with Gasteiger partial charge in [-0.2, -0.15) is 0 Å². The molecule has 1 amide bonds. The fraction of sp³-hybridized carbons (Fsp3) is 0.462. The molecule has 3 nitrogen and oxygen atoms in total. The monoisotopic (exact) mass is 331 g/mol. The molecule has 1 fully saturated rings. The van der Waals surface area contributed by atoms with Crippen molar-refractivity contribution in [2.24, 2.45) is 0 Å². The lowest BCUT2D eigenvalue weighted by molar-refractivity contribution is 0.0849. The first-order chi connectivity index (χ1) is 8.56. The van der Waals surface area contributed by atoms with Crippen LogP contribution in [0.1, 0.15) is 36.0 Å². The molecule has 1 saturated carbocycles. The number of hydrogen-bond acceptors (Lipinski definition) is 2. The van der Waals surface area contributed by atoms with Gasteiger partial charge in [-0.15, -0.1) is 0 Å². The molecule has 2 unspecified atom stereocenters. The summed E-state index contributed by atoms with van der Waals surface area (Å²) in [4.78, 5) is 12.1. The Balaban J connectivity index is 2.03. The normalized spacial score (nSPS) is 23.7. The third kappa shape index (κ3) is 3.46. The van der Waals surface area contributed by atoms with Crippen LogP contribution in [-0.4, -0.2) is 23.2 Å². The van der Waals surface area contributed by atoms with Gasteiger partial charge in [0, 0.05) is 15.5 Å². The van der Waals surface area contributed by atoms with E-state index in [1.165, 1.54) is 0 Å². The van der Waals surface area contributed by atoms with Gasteiger partial charge in [-0.1, -0.05) is 11.6 Å². The van der Waals surface area contributed by atoms with Crippen molar-refractivity contribution in [1.82, 2.24) is 5.32 Å². The molecule has 0 radical (unpaired) electrons. The highest BCUT2D eigenvalue weighted by atomic mass is 79.9. The predicted molar refractivity (Wildman–Crippen MR) is 74.9 cm³/mol. The zero-order valence-electron chi connectivity index (χ0n) is 9.83. The summed E-state index contributed by atoms with van der Waals surface area (Å²) in [5.74, 6) is -0.127. The van der Waals surface area contributed by atoms with Gasteiger partial charge in [0.05, 0.1) is 11.7 Å². The van der Waals surface area contributed by atoms with Crippen molar-refractivity contribution in [2.75, 3.05) is 0 Å². The highest BCUT2D eigenvalue weighted by Crippen LogP contribution is 2.23. The number of hydrogen-bond donors (Lipinski definition) is 2. The van der Waals surface area contributed by atoms with E-state index < -0.39 is 0 Å². The Morgan fingerprint density at radius 3 is 2.89 bits per heavy atom. The molecule has 0 bridgehead atoms. The Morgan fingerprint density at radius 1 is 1.44 bits per heavy atom. The zero-order valence-corrected chi connectivity index (χ0v) is 12.2. The molecule has 0 aromatic heterocycles. The van der Waals surface area contributed by atoms with Gasteiger partial charge in [0.15, 0.2) is 0 Å². The molecule has 1 aromatic carbocycles. The number of amides is 1. The summed E-state index contributed by atoms with van der Waals surface area (Å²) in [7, 11) is 0. The topological polar surface area (TPSA) is 49.3 Å². The van der Waals surface area contributed by atoms with Crippen molar-refractivity contribution in [2.45, 2.75) is 37.8 Å². The Kier molecular flexibility index (Phi) is 4.65. The molecule has 1 aliphatic rings. The van der Waals surface area contributed by atoms with Gasteiger partial charge in [-0.3, -0.25) is 4.79 Å². The van der Waals surface area contributed by atoms with Gasteiger partial charge >= 0.3 is 0 Å². The number of rotatable bonds is 2. The quantitative estimate of drug-likeness (QED) is 0.874. The van der Waals surface area contributed by atoms with Crippen LogP contribution >= 0.6 is 27.5 Å². The minimum absolute atomic E-state index is 0.0591. The molecule has 18 heavy (non-hydrogen) atoms. The fourth-order valence-electron chi connectivity index (χ4n) is 2.23. The molecule has 0 aliphatic heterocycles. The lowest BCUT2D eigenvalue weighted by Crippen LogP contribution is -2.39. The van der Waals surface area contributed by atoms with Gasteiger partial charge in [-0.05, 0) is 59.8 Å². The third-order valence-corrected chi connectivity index (χ3v) is 4.05. The summed E-state index contributed by atoms with van der Waals surface area (Å²) in [6, 6.07) is 5.15. The molecule has 0 heterocycles. The summed E-state index contributed by atoms with van der Waals surface area (Å²) in [5, 5.41) is 13.1. The van der Waals surface area contributed by atoms with Crippen molar-refractivity contribution >= 4 is 33.4 Å². The van der Waals surface area contributed by atoms with E-state index in [9.17, 15) is 9.90 Å². The molecule has 2 atom stereocenters. The summed E-state index contributed by atoms with van der Waals surface area (Å²) >= 11 is 9.17. The first kappa shape index (κ1) is 13.8. The first-order valence-electron chi connectivity index (χ1n) is 6.00. The lowest BCUT2D eigenvalue weighted by atomic mass is 9.93. The maximum atomic E-state index is 12.1. The van der Waals surface area contributed by atoms with E-state index in [1.807, 2.05) is 0 Å². The standard InChI is InChI=1S/C13H15BrClNO2/c14-12-6-8(15)4-5-11(12)13(18)16-9-2-1-3-10(17)7-9/h4-6,9-10,17H,1-3,7H2,(H,16,18). The second-order valence-corrected chi connectivity index (χ2v) is 5.91. The summed E-state index contributed by atoms with van der Waals surface area (Å²) < 4.78 is 0.684. The van der Waals surface area contributed by atoms with E-state index in [4.69, 9.17) is 11.6 Å². The van der Waals surface area contributed by atoms with E-state index >= 15 is 0 Å². The van der Waals surface area contributed by atoms with Crippen molar-refractivity contribution in [1.29, 1.82) is 0 Å². The average Bonchev–Trinajstić information content (AvgIpc) is 2.28. The van der Waals surface area contributed by atoms with Crippen LogP contribution in [0.25, 0.3) is 0 Å². The van der Waals surface area contributed by atoms with Crippen LogP contribution < -0.4 is 5.32 Å². The van der Waals surface area contributed by atoms with Crippen LogP contribution in [0.3, 0.4) is 0 Å². The predicted octanol–water partition coefficient (Wildman–Crippen LogP) is 3.14. The van der Waals surface area contributed by atoms with Crippen molar-refractivity contribution < 1.29 is 9.90 Å². The highest BCUT2D eigenvalue weighted by molar-refractivity contribution is 9.10. The molecular formula is C13H15BrClNO2. The molecule has 1 aromatic rings. The molecule has 98 valence electrons. The molecule has 0 spiro atoms. The van der Waals surface area contributed by atoms with Crippen LogP contribution in [0.5, 0.6) is 0 Å². The van der Waals surface area contributed by atoms with E-state index in [2.05, 4.69) is 21.2 Å². The smallest absolute Gasteiger partial charge is 0.252 e. The molecule has 0 saturated heterocycles. The third-order valence-electron chi connectivity index (χ3n) is 3.16. The molecule has 2 rings (SSSR count).